The summed E-state index contributed by atoms with van der Waals surface area (Å²) in [5, 5.41) is 3.62. The van der Waals surface area contributed by atoms with Gasteiger partial charge in [0, 0.05) is 31.0 Å². The van der Waals surface area contributed by atoms with Crippen LogP contribution in [-0.2, 0) is 13.6 Å². The summed E-state index contributed by atoms with van der Waals surface area (Å²) in [7, 11) is 2.13. The highest BCUT2D eigenvalue weighted by atomic mass is 15.0. The molecule has 2 heteroatoms. The summed E-state index contributed by atoms with van der Waals surface area (Å²) < 4.78 is 2.25. The van der Waals surface area contributed by atoms with E-state index in [2.05, 4.69) is 57.6 Å². The maximum atomic E-state index is 3.62. The monoisotopic (exact) mass is 222 g/mol. The number of aromatic nitrogens is 1. The topological polar surface area (TPSA) is 17.0 Å². The molecule has 1 aromatic heterocycles. The number of aryl methyl sites for hydroxylation is 1. The molecule has 0 saturated heterocycles. The van der Waals surface area contributed by atoms with E-state index in [9.17, 15) is 0 Å². The van der Waals surface area contributed by atoms with Crippen LogP contribution in [0.1, 0.15) is 44.1 Å². The molecule has 1 rings (SSSR count). The van der Waals surface area contributed by atoms with E-state index in [1.807, 2.05) is 0 Å². The first kappa shape index (κ1) is 13.3. The maximum Gasteiger partial charge on any atom is 0.0225 e. The second-order valence-corrected chi connectivity index (χ2v) is 5.01. The molecule has 0 aromatic carbocycles. The van der Waals surface area contributed by atoms with E-state index in [4.69, 9.17) is 0 Å². The van der Waals surface area contributed by atoms with E-state index in [-0.39, 0.29) is 0 Å². The lowest BCUT2D eigenvalue weighted by Crippen LogP contribution is -2.31. The molecule has 0 aliphatic rings. The van der Waals surface area contributed by atoms with Crippen molar-refractivity contribution in [2.45, 2.75) is 53.6 Å². The average Bonchev–Trinajstić information content (AvgIpc) is 2.52. The Kier molecular flexibility index (Phi) is 4.60. The Bertz CT molecular complexity index is 339. The third-order valence-electron chi connectivity index (χ3n) is 3.99. The minimum absolute atomic E-state index is 0.588. The Morgan fingerprint density at radius 3 is 2.38 bits per heavy atom. The summed E-state index contributed by atoms with van der Waals surface area (Å²) in [6, 6.07) is 2.87. The van der Waals surface area contributed by atoms with E-state index in [0.717, 1.165) is 12.5 Å². The highest BCUT2D eigenvalue weighted by Crippen LogP contribution is 2.14. The number of hydrogen-bond acceptors (Lipinski definition) is 1. The lowest BCUT2D eigenvalue weighted by atomic mass is 10.0. The van der Waals surface area contributed by atoms with Crippen molar-refractivity contribution in [3.8, 4) is 0 Å². The van der Waals surface area contributed by atoms with Gasteiger partial charge >= 0.3 is 0 Å². The molecule has 2 atom stereocenters. The van der Waals surface area contributed by atoms with E-state index in [1.165, 1.54) is 23.4 Å². The Morgan fingerprint density at radius 1 is 1.31 bits per heavy atom. The van der Waals surface area contributed by atoms with Crippen molar-refractivity contribution in [2.75, 3.05) is 0 Å². The molecular weight excluding hydrogens is 196 g/mol. The SMILES string of the molecule is CCC(C)C(C)NCc1cc(C)n(C)c1C. The van der Waals surface area contributed by atoms with Gasteiger partial charge in [-0.1, -0.05) is 20.3 Å². The lowest BCUT2D eigenvalue weighted by Gasteiger charge is -2.19. The van der Waals surface area contributed by atoms with E-state index in [0.29, 0.717) is 6.04 Å². The fourth-order valence-electron chi connectivity index (χ4n) is 1.94. The zero-order chi connectivity index (χ0) is 12.3. The maximum absolute atomic E-state index is 3.62. The minimum atomic E-state index is 0.588. The van der Waals surface area contributed by atoms with Crippen LogP contribution >= 0.6 is 0 Å². The first-order valence-corrected chi connectivity index (χ1v) is 6.32. The zero-order valence-corrected chi connectivity index (χ0v) is 11.6. The molecule has 0 fully saturated rings. The summed E-state index contributed by atoms with van der Waals surface area (Å²) in [5.74, 6) is 0.741. The van der Waals surface area contributed by atoms with Crippen molar-refractivity contribution in [3.63, 3.8) is 0 Å². The molecule has 16 heavy (non-hydrogen) atoms. The van der Waals surface area contributed by atoms with Gasteiger partial charge in [-0.3, -0.25) is 0 Å². The van der Waals surface area contributed by atoms with E-state index in [1.54, 1.807) is 0 Å². The van der Waals surface area contributed by atoms with Gasteiger partial charge in [-0.2, -0.15) is 0 Å². The average molecular weight is 222 g/mol. The van der Waals surface area contributed by atoms with Crippen LogP contribution in [0.3, 0.4) is 0 Å². The molecule has 92 valence electrons. The van der Waals surface area contributed by atoms with Gasteiger partial charge in [0.25, 0.3) is 0 Å². The van der Waals surface area contributed by atoms with Crippen LogP contribution in [-0.4, -0.2) is 10.6 Å². The Labute approximate surface area is 100 Å². The van der Waals surface area contributed by atoms with Crippen LogP contribution in [0.15, 0.2) is 6.07 Å². The van der Waals surface area contributed by atoms with Gasteiger partial charge in [-0.25, -0.2) is 0 Å². The highest BCUT2D eigenvalue weighted by molar-refractivity contribution is 5.26. The largest absolute Gasteiger partial charge is 0.352 e. The zero-order valence-electron chi connectivity index (χ0n) is 11.6. The Morgan fingerprint density at radius 2 is 1.94 bits per heavy atom. The Balaban J connectivity index is 2.58. The first-order chi connectivity index (χ1) is 7.47. The summed E-state index contributed by atoms with van der Waals surface area (Å²) >= 11 is 0. The van der Waals surface area contributed by atoms with Crippen LogP contribution in [0.4, 0.5) is 0 Å². The second-order valence-electron chi connectivity index (χ2n) is 5.01. The van der Waals surface area contributed by atoms with Gasteiger partial charge in [0.2, 0.25) is 0 Å². The first-order valence-electron chi connectivity index (χ1n) is 6.32. The second kappa shape index (κ2) is 5.53. The molecule has 2 nitrogen and oxygen atoms in total. The minimum Gasteiger partial charge on any atom is -0.352 e. The van der Waals surface area contributed by atoms with E-state index < -0.39 is 0 Å². The van der Waals surface area contributed by atoms with Crippen molar-refractivity contribution in [1.29, 1.82) is 0 Å². The van der Waals surface area contributed by atoms with Crippen molar-refractivity contribution in [3.05, 3.63) is 23.0 Å². The van der Waals surface area contributed by atoms with Gasteiger partial charge in [0.15, 0.2) is 0 Å². The van der Waals surface area contributed by atoms with Gasteiger partial charge < -0.3 is 9.88 Å². The van der Waals surface area contributed by atoms with Crippen LogP contribution in [0.5, 0.6) is 0 Å². The quantitative estimate of drug-likeness (QED) is 0.809. The van der Waals surface area contributed by atoms with Crippen molar-refractivity contribution < 1.29 is 0 Å². The molecule has 1 heterocycles. The number of nitrogens with one attached hydrogen (secondary N) is 1. The predicted octanol–water partition coefficient (Wildman–Crippen LogP) is 3.17. The third kappa shape index (κ3) is 2.88. The fourth-order valence-corrected chi connectivity index (χ4v) is 1.94. The van der Waals surface area contributed by atoms with Crippen molar-refractivity contribution in [1.82, 2.24) is 9.88 Å². The van der Waals surface area contributed by atoms with Crippen molar-refractivity contribution >= 4 is 0 Å². The van der Waals surface area contributed by atoms with E-state index >= 15 is 0 Å². The number of rotatable bonds is 5. The molecule has 0 bridgehead atoms. The number of nitrogens with zero attached hydrogens (tertiary/aromatic N) is 1. The summed E-state index contributed by atoms with van der Waals surface area (Å²) in [4.78, 5) is 0. The lowest BCUT2D eigenvalue weighted by molar-refractivity contribution is 0.389. The summed E-state index contributed by atoms with van der Waals surface area (Å²) in [6.45, 7) is 12.2. The fraction of sp³-hybridized carbons (Fsp3) is 0.714. The molecule has 0 aliphatic carbocycles. The highest BCUT2D eigenvalue weighted by Gasteiger charge is 2.11. The third-order valence-corrected chi connectivity index (χ3v) is 3.99. The molecule has 2 unspecified atom stereocenters. The van der Waals surface area contributed by atoms with Crippen LogP contribution in [0, 0.1) is 19.8 Å². The van der Waals surface area contributed by atoms with Gasteiger partial charge in [0.05, 0.1) is 0 Å². The molecule has 0 spiro atoms. The molecule has 0 radical (unpaired) electrons. The number of hydrogen-bond donors (Lipinski definition) is 1. The van der Waals surface area contributed by atoms with Crippen LogP contribution in [0.25, 0.3) is 0 Å². The Hall–Kier alpha value is -0.760. The molecular formula is C14H26N2. The van der Waals surface area contributed by atoms with Crippen LogP contribution in [0.2, 0.25) is 0 Å². The normalized spacial score (nSPS) is 15.1. The molecule has 0 amide bonds. The van der Waals surface area contributed by atoms with Gasteiger partial charge in [-0.05, 0) is 38.3 Å². The summed E-state index contributed by atoms with van der Waals surface area (Å²) in [6.07, 6.45) is 1.24. The van der Waals surface area contributed by atoms with Gasteiger partial charge in [-0.15, -0.1) is 0 Å². The smallest absolute Gasteiger partial charge is 0.0225 e. The summed E-state index contributed by atoms with van der Waals surface area (Å²) in [5.41, 5.74) is 4.14. The molecule has 1 N–H and O–H groups in total. The van der Waals surface area contributed by atoms with Gasteiger partial charge in [0.1, 0.15) is 0 Å². The molecule has 0 aliphatic heterocycles. The molecule has 1 aromatic rings. The molecule has 0 saturated carbocycles. The van der Waals surface area contributed by atoms with Crippen LogP contribution < -0.4 is 5.32 Å². The van der Waals surface area contributed by atoms with Crippen molar-refractivity contribution in [2.24, 2.45) is 13.0 Å². The predicted molar refractivity (Wildman–Crippen MR) is 70.6 cm³/mol. The standard InChI is InChI=1S/C14H26N2/c1-7-10(2)12(4)15-9-14-8-11(3)16(6)13(14)5/h8,10,12,15H,7,9H2,1-6H3.